The predicted molar refractivity (Wildman–Crippen MR) is 70.2 cm³/mol. The number of thioether (sulfide) groups is 1. The van der Waals surface area contributed by atoms with Crippen LogP contribution in [0.5, 0.6) is 0 Å². The third kappa shape index (κ3) is 2.26. The van der Waals surface area contributed by atoms with E-state index in [1.54, 1.807) is 11.8 Å². The van der Waals surface area contributed by atoms with Crippen molar-refractivity contribution in [1.29, 1.82) is 0 Å². The molecule has 0 saturated heterocycles. The molecular formula is C12H18N4S. The minimum Gasteiger partial charge on any atom is -0.369 e. The van der Waals surface area contributed by atoms with Gasteiger partial charge in [0.2, 0.25) is 0 Å². The topological polar surface area (TPSA) is 49.8 Å². The van der Waals surface area contributed by atoms with Crippen molar-refractivity contribution in [3.63, 3.8) is 0 Å². The number of nitrogens with one attached hydrogen (secondary N) is 2. The van der Waals surface area contributed by atoms with Crippen molar-refractivity contribution >= 4 is 17.6 Å². The zero-order chi connectivity index (χ0) is 11.7. The summed E-state index contributed by atoms with van der Waals surface area (Å²) in [6, 6.07) is 0. The molecule has 1 aliphatic heterocycles. The van der Waals surface area contributed by atoms with Gasteiger partial charge in [0.15, 0.2) is 5.16 Å². The highest BCUT2D eigenvalue weighted by molar-refractivity contribution is 7.98. The lowest BCUT2D eigenvalue weighted by molar-refractivity contribution is 0.333. The summed E-state index contributed by atoms with van der Waals surface area (Å²) in [6.45, 7) is 2.85. The van der Waals surface area contributed by atoms with Crippen LogP contribution in [0.25, 0.3) is 0 Å². The van der Waals surface area contributed by atoms with Crippen molar-refractivity contribution in [3.8, 4) is 0 Å². The molecule has 3 rings (SSSR count). The summed E-state index contributed by atoms with van der Waals surface area (Å²) in [4.78, 5) is 9.14. The van der Waals surface area contributed by atoms with E-state index in [4.69, 9.17) is 0 Å². The fraction of sp³-hybridized carbons (Fsp3) is 0.667. The van der Waals surface area contributed by atoms with Crippen LogP contribution in [0.1, 0.15) is 30.5 Å². The first-order valence-electron chi connectivity index (χ1n) is 6.25. The van der Waals surface area contributed by atoms with Gasteiger partial charge in [-0.2, -0.15) is 0 Å². The third-order valence-corrected chi connectivity index (χ3v) is 4.18. The Kier molecular flexibility index (Phi) is 3.20. The Bertz CT molecular complexity index is 417. The summed E-state index contributed by atoms with van der Waals surface area (Å²) in [5, 5.41) is 7.74. The summed E-state index contributed by atoms with van der Waals surface area (Å²) >= 11 is 1.61. The SMILES string of the molecule is CSc1nc2c(c(NCC3CCC3)n1)CNC2. The Labute approximate surface area is 106 Å². The lowest BCUT2D eigenvalue weighted by Crippen LogP contribution is -2.22. The van der Waals surface area contributed by atoms with Gasteiger partial charge < -0.3 is 10.6 Å². The molecule has 1 fully saturated rings. The molecule has 1 aromatic heterocycles. The van der Waals surface area contributed by atoms with Gasteiger partial charge in [0.05, 0.1) is 5.69 Å². The van der Waals surface area contributed by atoms with Crippen LogP contribution in [0, 0.1) is 5.92 Å². The van der Waals surface area contributed by atoms with Crippen molar-refractivity contribution in [2.45, 2.75) is 37.5 Å². The number of hydrogen-bond donors (Lipinski definition) is 2. The highest BCUT2D eigenvalue weighted by Gasteiger charge is 2.21. The van der Waals surface area contributed by atoms with Gasteiger partial charge in [-0.1, -0.05) is 18.2 Å². The van der Waals surface area contributed by atoms with E-state index in [9.17, 15) is 0 Å². The lowest BCUT2D eigenvalue weighted by Gasteiger charge is -2.26. The molecule has 1 aliphatic carbocycles. The molecule has 2 N–H and O–H groups in total. The van der Waals surface area contributed by atoms with Crippen LogP contribution in [0.2, 0.25) is 0 Å². The second kappa shape index (κ2) is 4.82. The molecule has 2 heterocycles. The zero-order valence-corrected chi connectivity index (χ0v) is 10.9. The first-order valence-corrected chi connectivity index (χ1v) is 7.47. The molecule has 0 amide bonds. The monoisotopic (exact) mass is 250 g/mol. The van der Waals surface area contributed by atoms with Crippen molar-refractivity contribution in [3.05, 3.63) is 11.3 Å². The highest BCUT2D eigenvalue weighted by Crippen LogP contribution is 2.28. The van der Waals surface area contributed by atoms with Crippen molar-refractivity contribution < 1.29 is 0 Å². The molecule has 1 aromatic rings. The standard InChI is InChI=1S/C12H18N4S/c1-17-12-15-10-7-13-6-9(10)11(16-12)14-5-8-3-2-4-8/h8,13H,2-7H2,1H3,(H,14,15,16). The summed E-state index contributed by atoms with van der Waals surface area (Å²) in [5.74, 6) is 1.91. The molecule has 0 unspecified atom stereocenters. The van der Waals surface area contributed by atoms with E-state index in [2.05, 4.69) is 20.6 Å². The van der Waals surface area contributed by atoms with Crippen LogP contribution in [0.3, 0.4) is 0 Å². The van der Waals surface area contributed by atoms with Crippen LogP contribution in [-0.4, -0.2) is 22.8 Å². The molecule has 0 atom stereocenters. The number of hydrogen-bond acceptors (Lipinski definition) is 5. The van der Waals surface area contributed by atoms with Gasteiger partial charge >= 0.3 is 0 Å². The molecule has 92 valence electrons. The zero-order valence-electron chi connectivity index (χ0n) is 10.1. The molecule has 2 aliphatic rings. The number of fused-ring (bicyclic) bond motifs is 1. The molecule has 5 heteroatoms. The van der Waals surface area contributed by atoms with Gasteiger partial charge in [-0.05, 0) is 25.0 Å². The van der Waals surface area contributed by atoms with E-state index >= 15 is 0 Å². The minimum atomic E-state index is 0.854. The molecule has 0 bridgehead atoms. The Balaban J connectivity index is 1.78. The summed E-state index contributed by atoms with van der Waals surface area (Å²) in [5.41, 5.74) is 2.43. The van der Waals surface area contributed by atoms with E-state index in [1.165, 1.54) is 30.5 Å². The van der Waals surface area contributed by atoms with Gasteiger partial charge in [-0.25, -0.2) is 9.97 Å². The first-order chi connectivity index (χ1) is 8.36. The van der Waals surface area contributed by atoms with E-state index in [0.717, 1.165) is 36.5 Å². The summed E-state index contributed by atoms with van der Waals surface area (Å²) in [7, 11) is 0. The first kappa shape index (κ1) is 11.3. The Hall–Kier alpha value is -0.810. The Morgan fingerprint density at radius 1 is 1.35 bits per heavy atom. The van der Waals surface area contributed by atoms with Gasteiger partial charge in [-0.3, -0.25) is 0 Å². The summed E-state index contributed by atoms with van der Waals surface area (Å²) < 4.78 is 0. The van der Waals surface area contributed by atoms with E-state index in [0.29, 0.717) is 0 Å². The summed E-state index contributed by atoms with van der Waals surface area (Å²) in [6.07, 6.45) is 6.16. The van der Waals surface area contributed by atoms with E-state index in [1.807, 2.05) is 6.26 Å². The Morgan fingerprint density at radius 3 is 2.94 bits per heavy atom. The normalized spacial score (nSPS) is 18.9. The average molecular weight is 250 g/mol. The van der Waals surface area contributed by atoms with Crippen molar-refractivity contribution in [2.75, 3.05) is 18.1 Å². The quantitative estimate of drug-likeness (QED) is 0.632. The van der Waals surface area contributed by atoms with Gasteiger partial charge in [-0.15, -0.1) is 0 Å². The maximum absolute atomic E-state index is 4.59. The smallest absolute Gasteiger partial charge is 0.189 e. The van der Waals surface area contributed by atoms with Crippen LogP contribution >= 0.6 is 11.8 Å². The molecular weight excluding hydrogens is 232 g/mol. The molecule has 0 aromatic carbocycles. The van der Waals surface area contributed by atoms with Crippen molar-refractivity contribution in [1.82, 2.24) is 15.3 Å². The number of nitrogens with zero attached hydrogens (tertiary/aromatic N) is 2. The maximum Gasteiger partial charge on any atom is 0.189 e. The highest BCUT2D eigenvalue weighted by atomic mass is 32.2. The van der Waals surface area contributed by atoms with Gasteiger partial charge in [0.25, 0.3) is 0 Å². The van der Waals surface area contributed by atoms with Crippen LogP contribution in [0.4, 0.5) is 5.82 Å². The fourth-order valence-electron chi connectivity index (χ4n) is 2.32. The second-order valence-electron chi connectivity index (χ2n) is 4.77. The van der Waals surface area contributed by atoms with Gasteiger partial charge in [0.1, 0.15) is 5.82 Å². The van der Waals surface area contributed by atoms with Gasteiger partial charge in [0, 0.05) is 25.2 Å². The lowest BCUT2D eigenvalue weighted by atomic mass is 9.85. The molecule has 0 spiro atoms. The predicted octanol–water partition coefficient (Wildman–Crippen LogP) is 2.01. The Morgan fingerprint density at radius 2 is 2.24 bits per heavy atom. The largest absolute Gasteiger partial charge is 0.369 e. The molecule has 0 radical (unpaired) electrons. The van der Waals surface area contributed by atoms with E-state index in [-0.39, 0.29) is 0 Å². The molecule has 4 nitrogen and oxygen atoms in total. The maximum atomic E-state index is 4.59. The molecule has 1 saturated carbocycles. The number of aromatic nitrogens is 2. The van der Waals surface area contributed by atoms with Crippen molar-refractivity contribution in [2.24, 2.45) is 5.92 Å². The van der Waals surface area contributed by atoms with Crippen LogP contribution in [0.15, 0.2) is 5.16 Å². The minimum absolute atomic E-state index is 0.854. The fourth-order valence-corrected chi connectivity index (χ4v) is 2.71. The number of anilines is 1. The van der Waals surface area contributed by atoms with Crippen LogP contribution < -0.4 is 10.6 Å². The third-order valence-electron chi connectivity index (χ3n) is 3.63. The van der Waals surface area contributed by atoms with Crippen LogP contribution in [-0.2, 0) is 13.1 Å². The van der Waals surface area contributed by atoms with E-state index < -0.39 is 0 Å². The number of rotatable bonds is 4. The molecule has 17 heavy (non-hydrogen) atoms. The second-order valence-corrected chi connectivity index (χ2v) is 5.54. The average Bonchev–Trinajstić information content (AvgIpc) is 2.74.